The molecule has 10 heteroatoms. The van der Waals surface area contributed by atoms with Crippen molar-refractivity contribution in [1.82, 2.24) is 14.8 Å². The molecule has 0 spiro atoms. The molecule has 1 saturated heterocycles. The molecule has 3 heterocycles. The van der Waals surface area contributed by atoms with E-state index >= 15 is 0 Å². The summed E-state index contributed by atoms with van der Waals surface area (Å²) >= 11 is 1.35. The van der Waals surface area contributed by atoms with Crippen LogP contribution in [-0.2, 0) is 16.0 Å². The number of para-hydroxylation sites is 1. The molecule has 0 aliphatic carbocycles. The van der Waals surface area contributed by atoms with Gasteiger partial charge in [-0.3, -0.25) is 9.59 Å². The summed E-state index contributed by atoms with van der Waals surface area (Å²) < 4.78 is 4.65. The molecule has 33 heavy (non-hydrogen) atoms. The number of piperidine rings is 1. The van der Waals surface area contributed by atoms with E-state index in [2.05, 4.69) is 26.0 Å². The minimum absolute atomic E-state index is 0.0370. The predicted molar refractivity (Wildman–Crippen MR) is 127 cm³/mol. The third kappa shape index (κ3) is 4.95. The van der Waals surface area contributed by atoms with Crippen LogP contribution < -0.4 is 10.2 Å². The van der Waals surface area contributed by atoms with Crippen molar-refractivity contribution in [3.63, 3.8) is 0 Å². The van der Waals surface area contributed by atoms with Gasteiger partial charge >= 0.3 is 12.0 Å². The van der Waals surface area contributed by atoms with E-state index in [9.17, 15) is 14.4 Å². The summed E-state index contributed by atoms with van der Waals surface area (Å²) in [5, 5.41) is 3.85. The Balaban J connectivity index is 1.37. The van der Waals surface area contributed by atoms with Crippen LogP contribution in [0.3, 0.4) is 0 Å². The van der Waals surface area contributed by atoms with Crippen molar-refractivity contribution in [3.05, 3.63) is 40.4 Å². The van der Waals surface area contributed by atoms with E-state index in [1.165, 1.54) is 28.9 Å². The highest BCUT2D eigenvalue weighted by Gasteiger charge is 2.31. The van der Waals surface area contributed by atoms with Crippen molar-refractivity contribution in [2.75, 3.05) is 50.6 Å². The number of methoxy groups -OCH3 is 1. The Kier molecular flexibility index (Phi) is 6.83. The fraction of sp³-hybridized carbons (Fsp3) is 0.478. The van der Waals surface area contributed by atoms with E-state index < -0.39 is 5.97 Å². The highest BCUT2D eigenvalue weighted by atomic mass is 32.1. The molecule has 0 saturated carbocycles. The number of likely N-dealkylation sites (N-methyl/N-ethyl adjacent to an activating group) is 1. The van der Waals surface area contributed by atoms with Crippen LogP contribution in [0.1, 0.15) is 33.8 Å². The van der Waals surface area contributed by atoms with Gasteiger partial charge in [0.1, 0.15) is 11.4 Å². The quantitative estimate of drug-likeness (QED) is 0.674. The number of aromatic nitrogens is 1. The SMILES string of the molecule is COC(=O)CN(C)C(=O)c1sc(N2CCC(N3CCc4ccccc4NC3=O)CC2)nc1C. The Morgan fingerprint density at radius 1 is 1.24 bits per heavy atom. The maximum atomic E-state index is 12.8. The number of amides is 3. The van der Waals surface area contributed by atoms with E-state index in [0.29, 0.717) is 17.1 Å². The minimum Gasteiger partial charge on any atom is -0.468 e. The fourth-order valence-electron chi connectivity index (χ4n) is 4.33. The number of rotatable bonds is 5. The van der Waals surface area contributed by atoms with E-state index in [1.807, 2.05) is 30.0 Å². The number of urea groups is 1. The zero-order valence-electron chi connectivity index (χ0n) is 19.2. The first-order valence-corrected chi connectivity index (χ1v) is 11.9. The minimum atomic E-state index is -0.462. The molecule has 1 fully saturated rings. The number of aryl methyl sites for hydroxylation is 1. The van der Waals surface area contributed by atoms with Crippen LogP contribution in [0.25, 0.3) is 0 Å². The van der Waals surface area contributed by atoms with Gasteiger partial charge in [-0.15, -0.1) is 0 Å². The normalized spacial score (nSPS) is 16.6. The average Bonchev–Trinajstić information content (AvgIpc) is 3.12. The van der Waals surface area contributed by atoms with Crippen LogP contribution in [0.2, 0.25) is 0 Å². The third-order valence-electron chi connectivity index (χ3n) is 6.24. The van der Waals surface area contributed by atoms with Gasteiger partial charge in [0.25, 0.3) is 5.91 Å². The van der Waals surface area contributed by atoms with Gasteiger partial charge in [0, 0.05) is 38.4 Å². The summed E-state index contributed by atoms with van der Waals surface area (Å²) in [6.07, 6.45) is 2.52. The first-order valence-electron chi connectivity index (χ1n) is 11.1. The molecule has 2 aromatic rings. The Bertz CT molecular complexity index is 1050. The van der Waals surface area contributed by atoms with Gasteiger partial charge in [0.05, 0.1) is 12.8 Å². The Morgan fingerprint density at radius 3 is 2.70 bits per heavy atom. The van der Waals surface area contributed by atoms with Crippen LogP contribution >= 0.6 is 11.3 Å². The Hall–Kier alpha value is -3.14. The molecule has 3 amide bonds. The average molecular weight is 472 g/mol. The monoisotopic (exact) mass is 471 g/mol. The number of carbonyl (C=O) groups excluding carboxylic acids is 3. The van der Waals surface area contributed by atoms with Crippen LogP contribution in [0.5, 0.6) is 0 Å². The maximum Gasteiger partial charge on any atom is 0.325 e. The molecule has 2 aliphatic heterocycles. The molecule has 0 radical (unpaired) electrons. The van der Waals surface area contributed by atoms with Crippen LogP contribution in [0.15, 0.2) is 24.3 Å². The van der Waals surface area contributed by atoms with Crippen molar-refractivity contribution < 1.29 is 19.1 Å². The molecular weight excluding hydrogens is 442 g/mol. The number of nitrogens with one attached hydrogen (secondary N) is 1. The van der Waals surface area contributed by atoms with Gasteiger partial charge in [-0.05, 0) is 37.8 Å². The number of hydrogen-bond donors (Lipinski definition) is 1. The molecule has 0 atom stereocenters. The zero-order valence-corrected chi connectivity index (χ0v) is 20.0. The summed E-state index contributed by atoms with van der Waals surface area (Å²) in [4.78, 5) is 47.7. The van der Waals surface area contributed by atoms with Crippen molar-refractivity contribution in [3.8, 4) is 0 Å². The lowest BCUT2D eigenvalue weighted by molar-refractivity contribution is -0.141. The van der Waals surface area contributed by atoms with Gasteiger partial charge < -0.3 is 24.8 Å². The van der Waals surface area contributed by atoms with E-state index in [4.69, 9.17) is 0 Å². The molecule has 2 aliphatic rings. The zero-order chi connectivity index (χ0) is 23.5. The molecule has 0 unspecified atom stereocenters. The predicted octanol–water partition coefficient (Wildman–Crippen LogP) is 2.76. The smallest absolute Gasteiger partial charge is 0.325 e. The largest absolute Gasteiger partial charge is 0.468 e. The van der Waals surface area contributed by atoms with Crippen LogP contribution in [0, 0.1) is 6.92 Å². The molecule has 1 N–H and O–H groups in total. The van der Waals surface area contributed by atoms with E-state index in [1.54, 1.807) is 7.05 Å². The molecule has 1 aromatic heterocycles. The molecule has 9 nitrogen and oxygen atoms in total. The van der Waals surface area contributed by atoms with Crippen molar-refractivity contribution in [1.29, 1.82) is 0 Å². The maximum absolute atomic E-state index is 12.8. The number of thiazole rings is 1. The van der Waals surface area contributed by atoms with Gasteiger partial charge in [-0.1, -0.05) is 29.5 Å². The van der Waals surface area contributed by atoms with Gasteiger partial charge in [0.2, 0.25) is 0 Å². The summed E-state index contributed by atoms with van der Waals surface area (Å²) in [6.45, 7) is 3.94. The number of hydrogen-bond acceptors (Lipinski definition) is 7. The number of carbonyl (C=O) groups is 3. The summed E-state index contributed by atoms with van der Waals surface area (Å²) in [7, 11) is 2.88. The molecular formula is C23H29N5O4S. The lowest BCUT2D eigenvalue weighted by atomic mass is 10.0. The van der Waals surface area contributed by atoms with Gasteiger partial charge in [-0.2, -0.15) is 0 Å². The number of fused-ring (bicyclic) bond motifs is 1. The fourth-order valence-corrected chi connectivity index (χ4v) is 5.44. The Morgan fingerprint density at radius 2 is 1.97 bits per heavy atom. The number of ether oxygens (including phenoxy) is 1. The second-order valence-corrected chi connectivity index (χ2v) is 9.37. The number of nitrogens with zero attached hydrogens (tertiary/aromatic N) is 4. The second kappa shape index (κ2) is 9.78. The van der Waals surface area contributed by atoms with Gasteiger partial charge in [0.15, 0.2) is 5.13 Å². The lowest BCUT2D eigenvalue weighted by Crippen LogP contribution is -2.48. The Labute approximate surface area is 197 Å². The lowest BCUT2D eigenvalue weighted by Gasteiger charge is -2.37. The second-order valence-electron chi connectivity index (χ2n) is 8.40. The number of anilines is 2. The molecule has 1 aromatic carbocycles. The summed E-state index contributed by atoms with van der Waals surface area (Å²) in [5.41, 5.74) is 2.72. The number of esters is 1. The van der Waals surface area contributed by atoms with Crippen LogP contribution in [-0.4, -0.2) is 79.1 Å². The molecule has 4 rings (SSSR count). The van der Waals surface area contributed by atoms with Crippen molar-refractivity contribution in [2.45, 2.75) is 32.2 Å². The third-order valence-corrected chi connectivity index (χ3v) is 7.44. The number of benzene rings is 1. The highest BCUT2D eigenvalue weighted by Crippen LogP contribution is 2.31. The summed E-state index contributed by atoms with van der Waals surface area (Å²) in [6, 6.07) is 8.09. The van der Waals surface area contributed by atoms with E-state index in [0.717, 1.165) is 43.2 Å². The van der Waals surface area contributed by atoms with Crippen LogP contribution in [0.4, 0.5) is 15.6 Å². The standard InChI is InChI=1S/C23H29N5O4S/c1-15-20(21(30)26(2)14-19(29)32-3)33-23(24-15)27-11-9-17(10-12-27)28-13-8-16-6-4-5-7-18(16)25-22(28)31/h4-7,17H,8-14H2,1-3H3,(H,25,31). The topological polar surface area (TPSA) is 95.1 Å². The van der Waals surface area contributed by atoms with E-state index in [-0.39, 0.29) is 24.5 Å². The van der Waals surface area contributed by atoms with Gasteiger partial charge in [-0.25, -0.2) is 9.78 Å². The van der Waals surface area contributed by atoms with Crippen molar-refractivity contribution in [2.24, 2.45) is 0 Å². The van der Waals surface area contributed by atoms with Crippen molar-refractivity contribution >= 4 is 40.1 Å². The highest BCUT2D eigenvalue weighted by molar-refractivity contribution is 7.17. The molecule has 176 valence electrons. The summed E-state index contributed by atoms with van der Waals surface area (Å²) in [5.74, 6) is -0.701. The first-order chi connectivity index (χ1) is 15.9. The first kappa shape index (κ1) is 23.0. The molecule has 0 bridgehead atoms.